The molecule has 2 rings (SSSR count). The molecule has 0 bridgehead atoms. The van der Waals surface area contributed by atoms with Gasteiger partial charge in [-0.05, 0) is 37.8 Å². The van der Waals surface area contributed by atoms with E-state index in [1.807, 2.05) is 19.1 Å². The van der Waals surface area contributed by atoms with Crippen LogP contribution in [0.15, 0.2) is 18.3 Å². The minimum Gasteiger partial charge on any atom is -0.465 e. The molecule has 0 aliphatic carbocycles. The highest BCUT2D eigenvalue weighted by molar-refractivity contribution is 5.66. The molecule has 2 N–H and O–H groups in total. The van der Waals surface area contributed by atoms with Crippen molar-refractivity contribution in [3.05, 3.63) is 23.9 Å². The van der Waals surface area contributed by atoms with E-state index in [2.05, 4.69) is 10.3 Å². The second-order valence-electron chi connectivity index (χ2n) is 4.35. The van der Waals surface area contributed by atoms with Crippen molar-refractivity contribution < 1.29 is 9.90 Å². The van der Waals surface area contributed by atoms with Gasteiger partial charge in [-0.25, -0.2) is 9.78 Å². The third-order valence-electron chi connectivity index (χ3n) is 2.97. The molecule has 0 aromatic carbocycles. The van der Waals surface area contributed by atoms with Gasteiger partial charge in [-0.1, -0.05) is 6.07 Å². The lowest BCUT2D eigenvalue weighted by atomic mass is 10.1. The maximum absolute atomic E-state index is 11.1. The Bertz CT molecular complexity index is 391. The van der Waals surface area contributed by atoms with Gasteiger partial charge in [-0.2, -0.15) is 0 Å². The summed E-state index contributed by atoms with van der Waals surface area (Å²) in [6, 6.07) is 3.84. The minimum absolute atomic E-state index is 0.156. The Morgan fingerprint density at radius 2 is 2.35 bits per heavy atom. The van der Waals surface area contributed by atoms with Crippen molar-refractivity contribution in [2.45, 2.75) is 32.4 Å². The molecule has 1 amide bonds. The molecule has 1 fully saturated rings. The highest BCUT2D eigenvalue weighted by Gasteiger charge is 2.26. The van der Waals surface area contributed by atoms with E-state index in [1.165, 1.54) is 4.90 Å². The van der Waals surface area contributed by atoms with Gasteiger partial charge in [-0.15, -0.1) is 0 Å². The third-order valence-corrected chi connectivity index (χ3v) is 2.97. The standard InChI is InChI=1S/C12H17N3O2/c1-9-5-6-10(13-8-9)14-11-4-2-3-7-15(11)12(16)17/h5-6,8,11H,2-4,7H2,1H3,(H,13,14)(H,16,17). The molecule has 2 heterocycles. The normalized spacial score (nSPS) is 20.1. The van der Waals surface area contributed by atoms with E-state index in [0.29, 0.717) is 6.54 Å². The largest absolute Gasteiger partial charge is 0.465 e. The summed E-state index contributed by atoms with van der Waals surface area (Å²) in [6.45, 7) is 2.57. The first-order valence-corrected chi connectivity index (χ1v) is 5.85. The summed E-state index contributed by atoms with van der Waals surface area (Å²) in [5.74, 6) is 0.730. The fourth-order valence-corrected chi connectivity index (χ4v) is 2.03. The number of nitrogens with one attached hydrogen (secondary N) is 1. The number of aryl methyl sites for hydroxylation is 1. The number of carboxylic acid groups (broad SMARTS) is 1. The van der Waals surface area contributed by atoms with Crippen LogP contribution in [0.2, 0.25) is 0 Å². The van der Waals surface area contributed by atoms with E-state index in [-0.39, 0.29) is 6.17 Å². The molecule has 92 valence electrons. The number of pyridine rings is 1. The molecule has 0 saturated carbocycles. The van der Waals surface area contributed by atoms with Crippen LogP contribution in [0, 0.1) is 6.92 Å². The van der Waals surface area contributed by atoms with E-state index in [9.17, 15) is 4.79 Å². The zero-order chi connectivity index (χ0) is 12.3. The van der Waals surface area contributed by atoms with Crippen molar-refractivity contribution in [1.82, 2.24) is 9.88 Å². The predicted molar refractivity (Wildman–Crippen MR) is 65.0 cm³/mol. The molecule has 5 nitrogen and oxygen atoms in total. The van der Waals surface area contributed by atoms with Crippen LogP contribution >= 0.6 is 0 Å². The highest BCUT2D eigenvalue weighted by Crippen LogP contribution is 2.18. The monoisotopic (exact) mass is 235 g/mol. The summed E-state index contributed by atoms with van der Waals surface area (Å²) in [7, 11) is 0. The third kappa shape index (κ3) is 2.87. The van der Waals surface area contributed by atoms with Gasteiger partial charge in [0.05, 0.1) is 0 Å². The van der Waals surface area contributed by atoms with Gasteiger partial charge < -0.3 is 10.4 Å². The predicted octanol–water partition coefficient (Wildman–Crippen LogP) is 2.29. The summed E-state index contributed by atoms with van der Waals surface area (Å²) in [6.07, 6.45) is 3.57. The zero-order valence-electron chi connectivity index (χ0n) is 9.89. The minimum atomic E-state index is -0.866. The van der Waals surface area contributed by atoms with Crippen molar-refractivity contribution in [2.24, 2.45) is 0 Å². The van der Waals surface area contributed by atoms with Crippen molar-refractivity contribution >= 4 is 11.9 Å². The average Bonchev–Trinajstić information content (AvgIpc) is 2.32. The van der Waals surface area contributed by atoms with E-state index in [0.717, 1.165) is 30.6 Å². The maximum Gasteiger partial charge on any atom is 0.408 e. The Balaban J connectivity index is 2.05. The molecule has 5 heteroatoms. The molecular formula is C12H17N3O2. The number of likely N-dealkylation sites (tertiary alicyclic amines) is 1. The Morgan fingerprint density at radius 3 is 3.00 bits per heavy atom. The van der Waals surface area contributed by atoms with Crippen molar-refractivity contribution in [1.29, 1.82) is 0 Å². The molecule has 1 aliphatic rings. The van der Waals surface area contributed by atoms with Crippen LogP contribution in [-0.2, 0) is 0 Å². The number of hydrogen-bond donors (Lipinski definition) is 2. The van der Waals surface area contributed by atoms with E-state index in [1.54, 1.807) is 6.20 Å². The average molecular weight is 235 g/mol. The lowest BCUT2D eigenvalue weighted by molar-refractivity contribution is 0.114. The lowest BCUT2D eigenvalue weighted by Gasteiger charge is -2.34. The Kier molecular flexibility index (Phi) is 3.46. The molecule has 17 heavy (non-hydrogen) atoms. The molecular weight excluding hydrogens is 218 g/mol. The number of piperidine rings is 1. The van der Waals surface area contributed by atoms with Crippen LogP contribution in [-0.4, -0.2) is 33.8 Å². The first-order valence-electron chi connectivity index (χ1n) is 5.85. The quantitative estimate of drug-likeness (QED) is 0.825. The zero-order valence-corrected chi connectivity index (χ0v) is 9.89. The van der Waals surface area contributed by atoms with Crippen LogP contribution in [0.1, 0.15) is 24.8 Å². The number of aromatic nitrogens is 1. The second-order valence-corrected chi connectivity index (χ2v) is 4.35. The van der Waals surface area contributed by atoms with E-state index < -0.39 is 6.09 Å². The number of anilines is 1. The maximum atomic E-state index is 11.1. The molecule has 1 atom stereocenters. The topological polar surface area (TPSA) is 65.5 Å². The van der Waals surface area contributed by atoms with Gasteiger partial charge in [-0.3, -0.25) is 4.90 Å². The second kappa shape index (κ2) is 5.03. The van der Waals surface area contributed by atoms with Gasteiger partial charge >= 0.3 is 6.09 Å². The number of hydrogen-bond acceptors (Lipinski definition) is 3. The van der Waals surface area contributed by atoms with Crippen molar-refractivity contribution in [2.75, 3.05) is 11.9 Å². The molecule has 1 saturated heterocycles. The van der Waals surface area contributed by atoms with Crippen molar-refractivity contribution in [3.8, 4) is 0 Å². The Hall–Kier alpha value is -1.78. The van der Waals surface area contributed by atoms with Gasteiger partial charge in [0.15, 0.2) is 0 Å². The molecule has 1 aromatic heterocycles. The summed E-state index contributed by atoms with van der Waals surface area (Å²) in [5, 5.41) is 12.3. The number of rotatable bonds is 2. The van der Waals surface area contributed by atoms with Crippen LogP contribution < -0.4 is 5.32 Å². The smallest absolute Gasteiger partial charge is 0.408 e. The van der Waals surface area contributed by atoms with E-state index >= 15 is 0 Å². The first kappa shape index (κ1) is 11.7. The molecule has 0 radical (unpaired) electrons. The number of nitrogens with zero attached hydrogens (tertiary/aromatic N) is 2. The van der Waals surface area contributed by atoms with Crippen LogP contribution in [0.3, 0.4) is 0 Å². The summed E-state index contributed by atoms with van der Waals surface area (Å²) < 4.78 is 0. The van der Waals surface area contributed by atoms with Crippen LogP contribution in [0.25, 0.3) is 0 Å². The fourth-order valence-electron chi connectivity index (χ4n) is 2.03. The van der Waals surface area contributed by atoms with E-state index in [4.69, 9.17) is 5.11 Å². The SMILES string of the molecule is Cc1ccc(NC2CCCCN2C(=O)O)nc1. The van der Waals surface area contributed by atoms with Gasteiger partial charge in [0.2, 0.25) is 0 Å². The van der Waals surface area contributed by atoms with Gasteiger partial charge in [0.25, 0.3) is 0 Å². The summed E-state index contributed by atoms with van der Waals surface area (Å²) in [4.78, 5) is 16.8. The summed E-state index contributed by atoms with van der Waals surface area (Å²) >= 11 is 0. The number of amides is 1. The van der Waals surface area contributed by atoms with Gasteiger partial charge in [0, 0.05) is 12.7 Å². The summed E-state index contributed by atoms with van der Waals surface area (Å²) in [5.41, 5.74) is 1.09. The van der Waals surface area contributed by atoms with Crippen molar-refractivity contribution in [3.63, 3.8) is 0 Å². The fraction of sp³-hybridized carbons (Fsp3) is 0.500. The first-order chi connectivity index (χ1) is 8.16. The Labute approximate surface area is 100 Å². The van der Waals surface area contributed by atoms with Crippen LogP contribution in [0.5, 0.6) is 0 Å². The molecule has 1 aliphatic heterocycles. The Morgan fingerprint density at radius 1 is 1.53 bits per heavy atom. The molecule has 1 unspecified atom stereocenters. The van der Waals surface area contributed by atoms with Gasteiger partial charge in [0.1, 0.15) is 12.0 Å². The molecule has 0 spiro atoms. The number of carbonyl (C=O) groups is 1. The molecule has 1 aromatic rings. The highest BCUT2D eigenvalue weighted by atomic mass is 16.4. The van der Waals surface area contributed by atoms with Crippen LogP contribution in [0.4, 0.5) is 10.6 Å². The lowest BCUT2D eigenvalue weighted by Crippen LogP contribution is -2.47.